The molecule has 0 bridgehead atoms. The summed E-state index contributed by atoms with van der Waals surface area (Å²) < 4.78 is 9.92. The van der Waals surface area contributed by atoms with Gasteiger partial charge >= 0.3 is 5.97 Å². The molecule has 17 heavy (non-hydrogen) atoms. The Morgan fingerprint density at radius 1 is 1.53 bits per heavy atom. The van der Waals surface area contributed by atoms with E-state index in [9.17, 15) is 4.79 Å². The molecule has 0 aromatic carbocycles. The van der Waals surface area contributed by atoms with E-state index in [1.54, 1.807) is 12.3 Å². The minimum Gasteiger partial charge on any atom is -0.464 e. The number of hydrogen-bond acceptors (Lipinski definition) is 5. The third kappa shape index (κ3) is 3.17. The maximum Gasteiger partial charge on any atom is 0.356 e. The van der Waals surface area contributed by atoms with E-state index in [-0.39, 0.29) is 0 Å². The molecule has 0 unspecified atom stereocenters. The first-order valence-corrected chi connectivity index (χ1v) is 5.68. The summed E-state index contributed by atoms with van der Waals surface area (Å²) in [4.78, 5) is 15.3. The van der Waals surface area contributed by atoms with Gasteiger partial charge in [0.05, 0.1) is 7.11 Å². The third-order valence-electron chi connectivity index (χ3n) is 2.75. The maximum absolute atomic E-state index is 11.3. The highest BCUT2D eigenvalue weighted by molar-refractivity contribution is 5.88. The molecule has 1 N–H and O–H groups in total. The molecule has 0 radical (unpaired) electrons. The largest absolute Gasteiger partial charge is 0.464 e. The van der Waals surface area contributed by atoms with E-state index in [1.165, 1.54) is 7.11 Å². The molecule has 1 aliphatic heterocycles. The lowest BCUT2D eigenvalue weighted by Gasteiger charge is -2.24. The Morgan fingerprint density at radius 3 is 3.00 bits per heavy atom. The highest BCUT2D eigenvalue weighted by atomic mass is 16.5. The molecule has 1 saturated heterocycles. The summed E-state index contributed by atoms with van der Waals surface area (Å²) in [6.45, 7) is 1.57. The summed E-state index contributed by atoms with van der Waals surface area (Å²) in [5.74, 6) is -0.416. The molecule has 0 amide bonds. The van der Waals surface area contributed by atoms with Gasteiger partial charge in [-0.1, -0.05) is 0 Å². The van der Waals surface area contributed by atoms with E-state index in [1.807, 2.05) is 6.07 Å². The number of carbonyl (C=O) groups excluding carboxylic acids is 1. The second kappa shape index (κ2) is 5.63. The lowest BCUT2D eigenvalue weighted by molar-refractivity contribution is 0.0594. The molecule has 5 heteroatoms. The van der Waals surface area contributed by atoms with Gasteiger partial charge in [0.1, 0.15) is 5.69 Å². The monoisotopic (exact) mass is 236 g/mol. The number of ether oxygens (including phenoxy) is 2. The van der Waals surface area contributed by atoms with Crippen LogP contribution in [-0.2, 0) is 9.47 Å². The number of anilines is 1. The topological polar surface area (TPSA) is 60.5 Å². The molecule has 5 nitrogen and oxygen atoms in total. The van der Waals surface area contributed by atoms with Gasteiger partial charge in [-0.25, -0.2) is 9.78 Å². The van der Waals surface area contributed by atoms with Gasteiger partial charge in [0, 0.05) is 31.1 Å². The maximum atomic E-state index is 11.3. The molecule has 1 fully saturated rings. The van der Waals surface area contributed by atoms with Gasteiger partial charge in [0.2, 0.25) is 0 Å². The van der Waals surface area contributed by atoms with Crippen molar-refractivity contribution in [3.05, 3.63) is 24.0 Å². The van der Waals surface area contributed by atoms with Gasteiger partial charge in [-0.15, -0.1) is 0 Å². The van der Waals surface area contributed by atoms with Crippen molar-refractivity contribution in [2.24, 2.45) is 0 Å². The van der Waals surface area contributed by atoms with E-state index < -0.39 is 5.97 Å². The number of methoxy groups -OCH3 is 1. The summed E-state index contributed by atoms with van der Waals surface area (Å²) >= 11 is 0. The summed E-state index contributed by atoms with van der Waals surface area (Å²) in [5.41, 5.74) is 1.22. The number of rotatable bonds is 3. The van der Waals surface area contributed by atoms with Crippen LogP contribution in [0.25, 0.3) is 0 Å². The Hall–Kier alpha value is -1.62. The second-order valence-corrected chi connectivity index (χ2v) is 3.95. The van der Waals surface area contributed by atoms with E-state index in [4.69, 9.17) is 4.74 Å². The van der Waals surface area contributed by atoms with Crippen molar-refractivity contribution < 1.29 is 14.3 Å². The number of pyridine rings is 1. The molecule has 1 aliphatic rings. The molecule has 2 heterocycles. The smallest absolute Gasteiger partial charge is 0.356 e. The number of esters is 1. The van der Waals surface area contributed by atoms with Crippen molar-refractivity contribution >= 4 is 11.7 Å². The van der Waals surface area contributed by atoms with Crippen molar-refractivity contribution in [3.63, 3.8) is 0 Å². The van der Waals surface area contributed by atoms with Crippen LogP contribution >= 0.6 is 0 Å². The first-order valence-electron chi connectivity index (χ1n) is 5.68. The lowest BCUT2D eigenvalue weighted by Crippen LogP contribution is -2.27. The zero-order chi connectivity index (χ0) is 12.1. The highest BCUT2D eigenvalue weighted by Gasteiger charge is 2.14. The Kier molecular flexibility index (Phi) is 3.93. The summed E-state index contributed by atoms with van der Waals surface area (Å²) in [5, 5.41) is 3.37. The Balaban J connectivity index is 2.02. The summed E-state index contributed by atoms with van der Waals surface area (Å²) in [7, 11) is 1.35. The number of hydrogen-bond donors (Lipinski definition) is 1. The average molecular weight is 236 g/mol. The standard InChI is InChI=1S/C12H16N2O3/c1-16-12(15)11-8-10(2-5-13-11)14-9-3-6-17-7-4-9/h2,5,8-9H,3-4,6-7H2,1H3,(H,13,14). The second-order valence-electron chi connectivity index (χ2n) is 3.95. The minimum absolute atomic E-state index is 0.324. The van der Waals surface area contributed by atoms with Gasteiger partial charge in [0.25, 0.3) is 0 Å². The van der Waals surface area contributed by atoms with Crippen LogP contribution in [0.15, 0.2) is 18.3 Å². The minimum atomic E-state index is -0.416. The Labute approximate surface area is 100 Å². The van der Waals surface area contributed by atoms with Gasteiger partial charge in [-0.2, -0.15) is 0 Å². The first kappa shape index (κ1) is 11.9. The Bertz CT molecular complexity index is 389. The van der Waals surface area contributed by atoms with Crippen molar-refractivity contribution in [1.29, 1.82) is 0 Å². The van der Waals surface area contributed by atoms with E-state index in [0.717, 1.165) is 31.7 Å². The Morgan fingerprint density at radius 2 is 2.29 bits per heavy atom. The van der Waals surface area contributed by atoms with Crippen LogP contribution < -0.4 is 5.32 Å². The van der Waals surface area contributed by atoms with Crippen LogP contribution in [0.1, 0.15) is 23.3 Å². The molecule has 0 spiro atoms. The van der Waals surface area contributed by atoms with Crippen molar-refractivity contribution in [3.8, 4) is 0 Å². The van der Waals surface area contributed by atoms with Crippen LogP contribution in [0.5, 0.6) is 0 Å². The zero-order valence-corrected chi connectivity index (χ0v) is 9.81. The number of nitrogens with zero attached hydrogens (tertiary/aromatic N) is 1. The SMILES string of the molecule is COC(=O)c1cc(NC2CCOCC2)ccn1. The fourth-order valence-electron chi connectivity index (χ4n) is 1.81. The van der Waals surface area contributed by atoms with Gasteiger partial charge in [-0.3, -0.25) is 0 Å². The van der Waals surface area contributed by atoms with E-state index in [2.05, 4.69) is 15.0 Å². The van der Waals surface area contributed by atoms with Crippen molar-refractivity contribution in [2.75, 3.05) is 25.6 Å². The number of nitrogens with one attached hydrogen (secondary N) is 1. The summed E-state index contributed by atoms with van der Waals surface area (Å²) in [6, 6.07) is 3.96. The van der Waals surface area contributed by atoms with Crippen LogP contribution in [0.3, 0.4) is 0 Å². The molecule has 1 aromatic heterocycles. The molecule has 1 aromatic rings. The molecular formula is C12H16N2O3. The predicted molar refractivity (Wildman–Crippen MR) is 63.0 cm³/mol. The number of aromatic nitrogens is 1. The average Bonchev–Trinajstić information content (AvgIpc) is 2.39. The number of carbonyl (C=O) groups is 1. The fourth-order valence-corrected chi connectivity index (χ4v) is 1.81. The van der Waals surface area contributed by atoms with E-state index in [0.29, 0.717) is 11.7 Å². The normalized spacial score (nSPS) is 16.5. The molecule has 0 atom stereocenters. The van der Waals surface area contributed by atoms with Gasteiger partial charge in [0.15, 0.2) is 0 Å². The van der Waals surface area contributed by atoms with Crippen LogP contribution in [-0.4, -0.2) is 37.3 Å². The lowest BCUT2D eigenvalue weighted by atomic mass is 10.1. The summed E-state index contributed by atoms with van der Waals surface area (Å²) in [6.07, 6.45) is 3.57. The van der Waals surface area contributed by atoms with Crippen LogP contribution in [0, 0.1) is 0 Å². The molecule has 2 rings (SSSR count). The molecular weight excluding hydrogens is 220 g/mol. The van der Waals surface area contributed by atoms with E-state index >= 15 is 0 Å². The third-order valence-corrected chi connectivity index (χ3v) is 2.75. The fraction of sp³-hybridized carbons (Fsp3) is 0.500. The van der Waals surface area contributed by atoms with Crippen LogP contribution in [0.4, 0.5) is 5.69 Å². The van der Waals surface area contributed by atoms with Crippen molar-refractivity contribution in [2.45, 2.75) is 18.9 Å². The predicted octanol–water partition coefficient (Wildman–Crippen LogP) is 1.46. The highest BCUT2D eigenvalue weighted by Crippen LogP contribution is 2.15. The van der Waals surface area contributed by atoms with Gasteiger partial charge < -0.3 is 14.8 Å². The molecule has 0 aliphatic carbocycles. The molecule has 92 valence electrons. The van der Waals surface area contributed by atoms with Crippen LogP contribution in [0.2, 0.25) is 0 Å². The zero-order valence-electron chi connectivity index (χ0n) is 9.81. The molecule has 0 saturated carbocycles. The quantitative estimate of drug-likeness (QED) is 0.805. The first-order chi connectivity index (χ1) is 8.29. The van der Waals surface area contributed by atoms with Gasteiger partial charge in [-0.05, 0) is 25.0 Å². The van der Waals surface area contributed by atoms with Crippen molar-refractivity contribution in [1.82, 2.24) is 4.98 Å².